The monoisotopic (exact) mass is 404 g/mol. The van der Waals surface area contributed by atoms with Gasteiger partial charge in [0.05, 0.1) is 12.5 Å². The molecule has 0 unspecified atom stereocenters. The molecule has 1 amide bonds. The number of rotatable bonds is 6. The summed E-state index contributed by atoms with van der Waals surface area (Å²) >= 11 is 0. The first-order valence-corrected chi connectivity index (χ1v) is 8.94. The number of amides is 1. The molecule has 1 aliphatic rings. The molecule has 8 heteroatoms. The Morgan fingerprint density at radius 1 is 1.03 bits per heavy atom. The van der Waals surface area contributed by atoms with Gasteiger partial charge in [0.1, 0.15) is 11.5 Å². The Hall–Kier alpha value is -4.33. The largest absolute Gasteiger partial charge is 0.465 e. The highest BCUT2D eigenvalue weighted by Gasteiger charge is 2.15. The fourth-order valence-corrected chi connectivity index (χ4v) is 2.58. The number of benzene rings is 2. The van der Waals surface area contributed by atoms with Crippen LogP contribution in [0.5, 0.6) is 17.2 Å². The summed E-state index contributed by atoms with van der Waals surface area (Å²) in [6, 6.07) is 15.0. The number of carbonyl (C=O) groups is 2. The van der Waals surface area contributed by atoms with Crippen molar-refractivity contribution in [2.75, 3.05) is 6.79 Å². The van der Waals surface area contributed by atoms with Crippen LogP contribution in [0.2, 0.25) is 0 Å². The van der Waals surface area contributed by atoms with Crippen LogP contribution in [-0.4, -0.2) is 24.9 Å². The molecule has 2 aromatic carbocycles. The van der Waals surface area contributed by atoms with Gasteiger partial charge < -0.3 is 18.6 Å². The molecule has 3 aromatic rings. The number of hydrazone groups is 1. The Morgan fingerprint density at radius 2 is 1.87 bits per heavy atom. The first-order valence-electron chi connectivity index (χ1n) is 8.94. The minimum absolute atomic E-state index is 0.143. The van der Waals surface area contributed by atoms with E-state index in [2.05, 4.69) is 10.5 Å². The van der Waals surface area contributed by atoms with Crippen molar-refractivity contribution in [2.45, 2.75) is 0 Å². The minimum Gasteiger partial charge on any atom is -0.465 e. The molecule has 1 N–H and O–H groups in total. The molecular weight excluding hydrogens is 388 g/mol. The molecule has 150 valence electrons. The summed E-state index contributed by atoms with van der Waals surface area (Å²) in [5, 5.41) is 3.93. The fraction of sp³-hybridized carbons (Fsp3) is 0.0455. The SMILES string of the molecule is O=C(/C=C/c1ccco1)Oc1ccc(/C=N\NC(=O)c2ccc3c(c2)OCO3)cc1. The Morgan fingerprint density at radius 3 is 2.67 bits per heavy atom. The molecule has 1 aliphatic heterocycles. The molecule has 0 saturated carbocycles. The maximum absolute atomic E-state index is 12.2. The van der Waals surface area contributed by atoms with Crippen LogP contribution >= 0.6 is 0 Å². The van der Waals surface area contributed by atoms with Crippen LogP contribution in [0.4, 0.5) is 0 Å². The van der Waals surface area contributed by atoms with E-state index in [0.29, 0.717) is 34.1 Å². The number of esters is 1. The van der Waals surface area contributed by atoms with Gasteiger partial charge in [-0.3, -0.25) is 4.79 Å². The van der Waals surface area contributed by atoms with Gasteiger partial charge in [-0.2, -0.15) is 5.10 Å². The van der Waals surface area contributed by atoms with Crippen molar-refractivity contribution < 1.29 is 28.2 Å². The molecule has 0 fully saturated rings. The maximum Gasteiger partial charge on any atom is 0.336 e. The highest BCUT2D eigenvalue weighted by molar-refractivity contribution is 5.95. The number of carbonyl (C=O) groups excluding carboxylic acids is 2. The smallest absolute Gasteiger partial charge is 0.336 e. The van der Waals surface area contributed by atoms with E-state index in [0.717, 1.165) is 0 Å². The number of furan rings is 1. The van der Waals surface area contributed by atoms with E-state index in [4.69, 9.17) is 18.6 Å². The number of hydrogen-bond donors (Lipinski definition) is 1. The second-order valence-corrected chi connectivity index (χ2v) is 6.11. The summed E-state index contributed by atoms with van der Waals surface area (Å²) in [5.74, 6) is 1.16. The molecule has 2 heterocycles. The van der Waals surface area contributed by atoms with Crippen molar-refractivity contribution >= 4 is 24.2 Å². The first-order chi connectivity index (χ1) is 14.7. The van der Waals surface area contributed by atoms with Gasteiger partial charge in [-0.05, 0) is 66.2 Å². The van der Waals surface area contributed by atoms with E-state index in [1.165, 1.54) is 24.6 Å². The molecule has 0 saturated heterocycles. The second kappa shape index (κ2) is 8.78. The molecule has 8 nitrogen and oxygen atoms in total. The molecule has 1 aromatic heterocycles. The molecule has 0 spiro atoms. The number of hydrogen-bond acceptors (Lipinski definition) is 7. The number of fused-ring (bicyclic) bond motifs is 1. The van der Waals surface area contributed by atoms with Crippen LogP contribution in [0.1, 0.15) is 21.7 Å². The summed E-state index contributed by atoms with van der Waals surface area (Å²) < 4.78 is 20.8. The van der Waals surface area contributed by atoms with Crippen LogP contribution in [0.25, 0.3) is 6.08 Å². The third-order valence-corrected chi connectivity index (χ3v) is 4.04. The van der Waals surface area contributed by atoms with Gasteiger partial charge >= 0.3 is 5.97 Å². The summed E-state index contributed by atoms with van der Waals surface area (Å²) in [6.07, 6.45) is 5.79. The average molecular weight is 404 g/mol. The van der Waals surface area contributed by atoms with Crippen molar-refractivity contribution in [3.63, 3.8) is 0 Å². The van der Waals surface area contributed by atoms with E-state index in [-0.39, 0.29) is 12.7 Å². The fourth-order valence-electron chi connectivity index (χ4n) is 2.58. The average Bonchev–Trinajstić information content (AvgIpc) is 3.44. The van der Waals surface area contributed by atoms with Crippen molar-refractivity contribution in [1.29, 1.82) is 0 Å². The Kier molecular flexibility index (Phi) is 5.56. The lowest BCUT2D eigenvalue weighted by Crippen LogP contribution is -2.17. The first kappa shape index (κ1) is 19.0. The van der Waals surface area contributed by atoms with Crippen LogP contribution in [0.15, 0.2) is 76.5 Å². The van der Waals surface area contributed by atoms with Crippen LogP contribution < -0.4 is 19.6 Å². The van der Waals surface area contributed by atoms with Gasteiger partial charge in [-0.25, -0.2) is 10.2 Å². The van der Waals surface area contributed by atoms with E-state index >= 15 is 0 Å². The Bertz CT molecular complexity index is 1100. The summed E-state index contributed by atoms with van der Waals surface area (Å²) in [4.78, 5) is 24.0. The molecule has 0 atom stereocenters. The Labute approximate surface area is 171 Å². The predicted octanol–water partition coefficient (Wildman–Crippen LogP) is 3.39. The van der Waals surface area contributed by atoms with Crippen molar-refractivity contribution in [3.05, 3.63) is 83.8 Å². The molecule has 0 radical (unpaired) electrons. The third-order valence-electron chi connectivity index (χ3n) is 4.04. The number of ether oxygens (including phenoxy) is 3. The molecule has 30 heavy (non-hydrogen) atoms. The zero-order chi connectivity index (χ0) is 20.8. The number of nitrogens with one attached hydrogen (secondary N) is 1. The maximum atomic E-state index is 12.2. The lowest BCUT2D eigenvalue weighted by Gasteiger charge is -2.02. The molecule has 0 aliphatic carbocycles. The quantitative estimate of drug-likeness (QED) is 0.222. The normalized spacial score (nSPS) is 12.4. The minimum atomic E-state index is -0.524. The van der Waals surface area contributed by atoms with Gasteiger partial charge in [0.2, 0.25) is 6.79 Å². The topological polar surface area (TPSA) is 99.4 Å². The van der Waals surface area contributed by atoms with E-state index < -0.39 is 5.97 Å². The van der Waals surface area contributed by atoms with Crippen LogP contribution in [0.3, 0.4) is 0 Å². The standard InChI is InChI=1S/C22H16N2O6/c25-21(10-8-17-2-1-11-27-17)30-18-6-3-15(4-7-18)13-23-24-22(26)16-5-9-19-20(12-16)29-14-28-19/h1-13H,14H2,(H,24,26)/b10-8+,23-13-. The highest BCUT2D eigenvalue weighted by Crippen LogP contribution is 2.32. The van der Waals surface area contributed by atoms with E-state index in [9.17, 15) is 9.59 Å². The highest BCUT2D eigenvalue weighted by atomic mass is 16.7. The Balaban J connectivity index is 1.29. The second-order valence-electron chi connectivity index (χ2n) is 6.11. The zero-order valence-electron chi connectivity index (χ0n) is 15.6. The van der Waals surface area contributed by atoms with Crippen molar-refractivity contribution in [3.8, 4) is 17.2 Å². The molecule has 4 rings (SSSR count). The van der Waals surface area contributed by atoms with Gasteiger partial charge in [0.15, 0.2) is 11.5 Å². The van der Waals surface area contributed by atoms with Gasteiger partial charge in [0, 0.05) is 11.6 Å². The van der Waals surface area contributed by atoms with E-state index in [1.807, 2.05) is 0 Å². The predicted molar refractivity (Wildman–Crippen MR) is 107 cm³/mol. The van der Waals surface area contributed by atoms with Gasteiger partial charge in [-0.1, -0.05) is 0 Å². The zero-order valence-corrected chi connectivity index (χ0v) is 15.6. The van der Waals surface area contributed by atoms with Crippen LogP contribution in [0, 0.1) is 0 Å². The summed E-state index contributed by atoms with van der Waals surface area (Å²) in [6.45, 7) is 0.143. The summed E-state index contributed by atoms with van der Waals surface area (Å²) in [5.41, 5.74) is 3.56. The lowest BCUT2D eigenvalue weighted by molar-refractivity contribution is -0.128. The third kappa shape index (κ3) is 4.74. The van der Waals surface area contributed by atoms with Gasteiger partial charge in [-0.15, -0.1) is 0 Å². The molecular formula is C22H16N2O6. The van der Waals surface area contributed by atoms with Crippen LogP contribution in [-0.2, 0) is 4.79 Å². The lowest BCUT2D eigenvalue weighted by atomic mass is 10.2. The van der Waals surface area contributed by atoms with E-state index in [1.54, 1.807) is 54.6 Å². The van der Waals surface area contributed by atoms with Gasteiger partial charge in [0.25, 0.3) is 5.91 Å². The van der Waals surface area contributed by atoms with Crippen molar-refractivity contribution in [2.24, 2.45) is 5.10 Å². The van der Waals surface area contributed by atoms with Crippen molar-refractivity contribution in [1.82, 2.24) is 5.43 Å². The molecule has 0 bridgehead atoms. The summed E-state index contributed by atoms with van der Waals surface area (Å²) in [7, 11) is 0. The number of nitrogens with zero attached hydrogens (tertiary/aromatic N) is 1.